The van der Waals surface area contributed by atoms with E-state index in [2.05, 4.69) is 10.6 Å². The summed E-state index contributed by atoms with van der Waals surface area (Å²) in [5.41, 5.74) is 1.06. The largest absolute Gasteiger partial charge is 0.354 e. The molecule has 0 spiro atoms. The summed E-state index contributed by atoms with van der Waals surface area (Å²) in [6.07, 6.45) is 0.692. The number of carbonyl (C=O) groups excluding carboxylic acids is 2. The van der Waals surface area contributed by atoms with Crippen LogP contribution in [0.15, 0.2) is 41.8 Å². The number of hydrogen-bond acceptors (Lipinski definition) is 3. The molecule has 4 nitrogen and oxygen atoms in total. The zero-order valence-electron chi connectivity index (χ0n) is 12.1. The molecule has 6 heteroatoms. The van der Waals surface area contributed by atoms with Crippen molar-refractivity contribution in [1.82, 2.24) is 10.6 Å². The van der Waals surface area contributed by atoms with Crippen molar-refractivity contribution in [2.75, 3.05) is 6.54 Å². The molecule has 1 aromatic carbocycles. The van der Waals surface area contributed by atoms with Gasteiger partial charge < -0.3 is 10.6 Å². The molecule has 1 aromatic heterocycles. The first-order chi connectivity index (χ1) is 10.6. The molecular weight excluding hydrogens is 320 g/mol. The number of rotatable bonds is 6. The van der Waals surface area contributed by atoms with Crippen molar-refractivity contribution < 1.29 is 9.59 Å². The minimum atomic E-state index is -0.575. The molecule has 0 saturated heterocycles. The van der Waals surface area contributed by atoms with E-state index in [0.717, 1.165) is 5.56 Å². The van der Waals surface area contributed by atoms with Crippen LogP contribution < -0.4 is 10.6 Å². The molecule has 116 valence electrons. The van der Waals surface area contributed by atoms with Gasteiger partial charge >= 0.3 is 0 Å². The van der Waals surface area contributed by atoms with Gasteiger partial charge in [0.2, 0.25) is 5.91 Å². The molecule has 0 fully saturated rings. The molecule has 0 aliphatic heterocycles. The third kappa shape index (κ3) is 4.86. The van der Waals surface area contributed by atoms with Crippen molar-refractivity contribution in [3.8, 4) is 0 Å². The van der Waals surface area contributed by atoms with Gasteiger partial charge in [-0.1, -0.05) is 29.8 Å². The van der Waals surface area contributed by atoms with Gasteiger partial charge in [-0.25, -0.2) is 0 Å². The third-order valence-electron chi connectivity index (χ3n) is 3.09. The summed E-state index contributed by atoms with van der Waals surface area (Å²) >= 11 is 7.25. The van der Waals surface area contributed by atoms with Crippen LogP contribution in [0.1, 0.15) is 22.2 Å². The van der Waals surface area contributed by atoms with Gasteiger partial charge in [0.15, 0.2) is 0 Å². The number of thiophene rings is 1. The molecule has 1 unspecified atom stereocenters. The molecule has 1 atom stereocenters. The average Bonchev–Trinajstić information content (AvgIpc) is 3.01. The molecule has 0 aliphatic carbocycles. The third-order valence-corrected chi connectivity index (χ3v) is 4.19. The number of hydrogen-bond donors (Lipinski definition) is 2. The Labute approximate surface area is 138 Å². The zero-order valence-corrected chi connectivity index (χ0v) is 13.7. The predicted octanol–water partition coefficient (Wildman–Crippen LogP) is 2.88. The zero-order chi connectivity index (χ0) is 15.9. The van der Waals surface area contributed by atoms with Crippen molar-refractivity contribution in [2.24, 2.45) is 0 Å². The van der Waals surface area contributed by atoms with Gasteiger partial charge in [-0.05, 0) is 42.5 Å². The molecule has 1 heterocycles. The van der Waals surface area contributed by atoms with Crippen LogP contribution in [0, 0.1) is 0 Å². The van der Waals surface area contributed by atoms with E-state index in [1.54, 1.807) is 19.1 Å². The van der Waals surface area contributed by atoms with Gasteiger partial charge in [-0.15, -0.1) is 11.3 Å². The van der Waals surface area contributed by atoms with Crippen LogP contribution in [-0.2, 0) is 11.2 Å². The first-order valence-corrected chi connectivity index (χ1v) is 8.18. The fraction of sp³-hybridized carbons (Fsp3) is 0.250. The van der Waals surface area contributed by atoms with Gasteiger partial charge in [0, 0.05) is 11.6 Å². The highest BCUT2D eigenvalue weighted by Gasteiger charge is 2.16. The fourth-order valence-corrected chi connectivity index (χ4v) is 2.76. The minimum Gasteiger partial charge on any atom is -0.354 e. The van der Waals surface area contributed by atoms with E-state index in [9.17, 15) is 9.59 Å². The Morgan fingerprint density at radius 3 is 2.77 bits per heavy atom. The van der Waals surface area contributed by atoms with Crippen molar-refractivity contribution >= 4 is 34.8 Å². The van der Waals surface area contributed by atoms with Crippen LogP contribution in [0.2, 0.25) is 5.02 Å². The summed E-state index contributed by atoms with van der Waals surface area (Å²) in [6.45, 7) is 2.17. The van der Waals surface area contributed by atoms with Crippen molar-refractivity contribution in [2.45, 2.75) is 19.4 Å². The molecule has 2 aromatic rings. The Morgan fingerprint density at radius 2 is 2.09 bits per heavy atom. The smallest absolute Gasteiger partial charge is 0.261 e. The number of nitrogens with one attached hydrogen (secondary N) is 2. The highest BCUT2D eigenvalue weighted by atomic mass is 35.5. The maximum atomic E-state index is 12.0. The number of halogens is 1. The van der Waals surface area contributed by atoms with Gasteiger partial charge in [0.25, 0.3) is 5.91 Å². The molecule has 0 saturated carbocycles. The average molecular weight is 337 g/mol. The Morgan fingerprint density at radius 1 is 1.27 bits per heavy atom. The maximum Gasteiger partial charge on any atom is 0.261 e. The summed E-state index contributed by atoms with van der Waals surface area (Å²) in [4.78, 5) is 24.4. The highest BCUT2D eigenvalue weighted by molar-refractivity contribution is 7.12. The Bertz CT molecular complexity index is 643. The van der Waals surface area contributed by atoms with Crippen LogP contribution in [-0.4, -0.2) is 24.4 Å². The second kappa shape index (κ2) is 7.96. The molecule has 2 rings (SSSR count). The van der Waals surface area contributed by atoms with E-state index in [4.69, 9.17) is 11.6 Å². The molecule has 0 aliphatic rings. The van der Waals surface area contributed by atoms with Crippen molar-refractivity contribution in [3.05, 3.63) is 57.2 Å². The normalized spacial score (nSPS) is 11.7. The fourth-order valence-electron chi connectivity index (χ4n) is 1.92. The van der Waals surface area contributed by atoms with E-state index >= 15 is 0 Å². The molecule has 0 radical (unpaired) electrons. The lowest BCUT2D eigenvalue weighted by atomic mass is 10.1. The SMILES string of the molecule is CC(NC(=O)c1cccs1)C(=O)NCCc1cccc(Cl)c1. The lowest BCUT2D eigenvalue weighted by Gasteiger charge is -2.13. The molecule has 2 amide bonds. The highest BCUT2D eigenvalue weighted by Crippen LogP contribution is 2.11. The Kier molecular flexibility index (Phi) is 5.98. The standard InChI is InChI=1S/C16H17ClN2O2S/c1-11(19-16(21)14-6-3-9-22-14)15(20)18-8-7-12-4-2-5-13(17)10-12/h2-6,9-11H,7-8H2,1H3,(H,18,20)(H,19,21). The van der Waals surface area contributed by atoms with Crippen molar-refractivity contribution in [1.29, 1.82) is 0 Å². The van der Waals surface area contributed by atoms with E-state index in [-0.39, 0.29) is 11.8 Å². The van der Waals surface area contributed by atoms with Crippen LogP contribution in [0.3, 0.4) is 0 Å². The summed E-state index contributed by atoms with van der Waals surface area (Å²) in [7, 11) is 0. The molecule has 0 bridgehead atoms. The molecule has 22 heavy (non-hydrogen) atoms. The second-order valence-electron chi connectivity index (χ2n) is 4.84. The summed E-state index contributed by atoms with van der Waals surface area (Å²) in [6, 6.07) is 10.5. The summed E-state index contributed by atoms with van der Waals surface area (Å²) in [5.74, 6) is -0.431. The first kappa shape index (κ1) is 16.5. The van der Waals surface area contributed by atoms with Gasteiger partial charge in [-0.3, -0.25) is 9.59 Å². The lowest BCUT2D eigenvalue weighted by molar-refractivity contribution is -0.122. The Balaban J connectivity index is 1.76. The monoisotopic (exact) mass is 336 g/mol. The van der Waals surface area contributed by atoms with Crippen LogP contribution >= 0.6 is 22.9 Å². The first-order valence-electron chi connectivity index (χ1n) is 6.93. The van der Waals surface area contributed by atoms with Crippen LogP contribution in [0.5, 0.6) is 0 Å². The predicted molar refractivity (Wildman–Crippen MR) is 89.4 cm³/mol. The number of amides is 2. The van der Waals surface area contributed by atoms with Crippen LogP contribution in [0.25, 0.3) is 0 Å². The summed E-state index contributed by atoms with van der Waals surface area (Å²) in [5, 5.41) is 7.99. The van der Waals surface area contributed by atoms with Crippen LogP contribution in [0.4, 0.5) is 0 Å². The van der Waals surface area contributed by atoms with E-state index in [1.807, 2.05) is 29.6 Å². The van der Waals surface area contributed by atoms with E-state index in [0.29, 0.717) is 22.9 Å². The second-order valence-corrected chi connectivity index (χ2v) is 6.23. The number of carbonyl (C=O) groups is 2. The molecular formula is C16H17ClN2O2S. The van der Waals surface area contributed by atoms with Crippen molar-refractivity contribution in [3.63, 3.8) is 0 Å². The minimum absolute atomic E-state index is 0.202. The van der Waals surface area contributed by atoms with Gasteiger partial charge in [-0.2, -0.15) is 0 Å². The lowest BCUT2D eigenvalue weighted by Crippen LogP contribution is -2.45. The van der Waals surface area contributed by atoms with Gasteiger partial charge in [0.05, 0.1) is 4.88 Å². The Hall–Kier alpha value is -1.85. The molecule has 2 N–H and O–H groups in total. The number of benzene rings is 1. The van der Waals surface area contributed by atoms with Gasteiger partial charge in [0.1, 0.15) is 6.04 Å². The quantitative estimate of drug-likeness (QED) is 0.852. The van der Waals surface area contributed by atoms with E-state index < -0.39 is 6.04 Å². The maximum absolute atomic E-state index is 12.0. The summed E-state index contributed by atoms with van der Waals surface area (Å²) < 4.78 is 0. The van der Waals surface area contributed by atoms with E-state index in [1.165, 1.54) is 11.3 Å². The topological polar surface area (TPSA) is 58.2 Å².